The standard InChI is InChI=1S/C22H22N2O2S2/c25-28(26,21-10-5-15-27-21)23-16-11-13-24(14-12-16)22-19-8-3-1-6-17(19)18-7-2-4-9-20(18)22/h1-10,15-16,22-23H,11-14H2. The number of likely N-dealkylation sites (tertiary alicyclic amines) is 1. The number of hydrogen-bond donors (Lipinski definition) is 1. The van der Waals surface area contributed by atoms with Gasteiger partial charge in [-0.15, -0.1) is 11.3 Å². The zero-order valence-electron chi connectivity index (χ0n) is 15.4. The summed E-state index contributed by atoms with van der Waals surface area (Å²) in [6.45, 7) is 1.76. The van der Waals surface area contributed by atoms with Crippen LogP contribution in [-0.4, -0.2) is 32.4 Å². The van der Waals surface area contributed by atoms with Crippen LogP contribution in [0.25, 0.3) is 11.1 Å². The summed E-state index contributed by atoms with van der Waals surface area (Å²) in [5, 5.41) is 1.80. The molecule has 0 unspecified atom stereocenters. The van der Waals surface area contributed by atoms with Crippen LogP contribution >= 0.6 is 11.3 Å². The molecule has 1 fully saturated rings. The molecule has 0 spiro atoms. The molecule has 5 rings (SSSR count). The predicted octanol–water partition coefficient (Wildman–Crippen LogP) is 4.26. The fourth-order valence-electron chi connectivity index (χ4n) is 4.49. The molecule has 144 valence electrons. The number of thiophene rings is 1. The Morgan fingerprint density at radius 2 is 1.46 bits per heavy atom. The molecule has 28 heavy (non-hydrogen) atoms. The van der Waals surface area contributed by atoms with Gasteiger partial charge in [0.1, 0.15) is 4.21 Å². The first kappa shape index (κ1) is 18.1. The minimum absolute atomic E-state index is 0.00441. The number of hydrogen-bond acceptors (Lipinski definition) is 4. The lowest BCUT2D eigenvalue weighted by atomic mass is 9.98. The van der Waals surface area contributed by atoms with Crippen LogP contribution in [0, 0.1) is 0 Å². The summed E-state index contributed by atoms with van der Waals surface area (Å²) in [6.07, 6.45) is 1.65. The Bertz CT molecular complexity index is 1040. The smallest absolute Gasteiger partial charge is 0.250 e. The highest BCUT2D eigenvalue weighted by Crippen LogP contribution is 2.46. The lowest BCUT2D eigenvalue weighted by molar-refractivity contribution is 0.173. The first-order valence-electron chi connectivity index (χ1n) is 9.61. The number of piperidine rings is 1. The first-order valence-corrected chi connectivity index (χ1v) is 12.0. The highest BCUT2D eigenvalue weighted by Gasteiger charge is 2.35. The van der Waals surface area contributed by atoms with Crippen LogP contribution in [0.2, 0.25) is 0 Å². The van der Waals surface area contributed by atoms with Gasteiger partial charge in [-0.05, 0) is 46.5 Å². The van der Waals surface area contributed by atoms with Crippen molar-refractivity contribution >= 4 is 21.4 Å². The van der Waals surface area contributed by atoms with E-state index in [2.05, 4.69) is 58.2 Å². The Labute approximate surface area is 169 Å². The average molecular weight is 411 g/mol. The molecule has 2 aliphatic rings. The van der Waals surface area contributed by atoms with Gasteiger partial charge < -0.3 is 0 Å². The van der Waals surface area contributed by atoms with Crippen molar-refractivity contribution in [2.75, 3.05) is 13.1 Å². The van der Waals surface area contributed by atoms with Crippen LogP contribution in [-0.2, 0) is 10.0 Å². The minimum atomic E-state index is -3.40. The van der Waals surface area contributed by atoms with Crippen molar-refractivity contribution in [1.29, 1.82) is 0 Å². The summed E-state index contributed by atoms with van der Waals surface area (Å²) < 4.78 is 28.3. The molecule has 0 atom stereocenters. The van der Waals surface area contributed by atoms with Crippen molar-refractivity contribution in [1.82, 2.24) is 9.62 Å². The van der Waals surface area contributed by atoms with E-state index in [1.807, 2.05) is 0 Å². The third-order valence-corrected chi connectivity index (χ3v) is 8.70. The number of fused-ring (bicyclic) bond motifs is 3. The third kappa shape index (κ3) is 3.10. The van der Waals surface area contributed by atoms with Gasteiger partial charge in [0.15, 0.2) is 0 Å². The number of sulfonamides is 1. The largest absolute Gasteiger partial charge is 0.292 e. The van der Waals surface area contributed by atoms with E-state index in [0.717, 1.165) is 25.9 Å². The van der Waals surface area contributed by atoms with E-state index in [1.165, 1.54) is 33.6 Å². The monoisotopic (exact) mass is 410 g/mol. The Morgan fingerprint density at radius 3 is 2.04 bits per heavy atom. The Balaban J connectivity index is 1.34. The van der Waals surface area contributed by atoms with E-state index < -0.39 is 10.0 Å². The third-order valence-electron chi connectivity index (χ3n) is 5.78. The Morgan fingerprint density at radius 1 is 0.857 bits per heavy atom. The van der Waals surface area contributed by atoms with Gasteiger partial charge >= 0.3 is 0 Å². The molecule has 0 amide bonds. The summed E-state index contributed by atoms with van der Waals surface area (Å²) in [7, 11) is -3.40. The van der Waals surface area contributed by atoms with Crippen LogP contribution in [0.15, 0.2) is 70.3 Å². The molecule has 1 aromatic heterocycles. The highest BCUT2D eigenvalue weighted by atomic mass is 32.2. The van der Waals surface area contributed by atoms with Crippen LogP contribution in [0.1, 0.15) is 30.0 Å². The van der Waals surface area contributed by atoms with E-state index in [9.17, 15) is 8.42 Å². The van der Waals surface area contributed by atoms with Gasteiger partial charge in [-0.2, -0.15) is 0 Å². The minimum Gasteiger partial charge on any atom is -0.292 e. The molecule has 0 bridgehead atoms. The quantitative estimate of drug-likeness (QED) is 0.699. The van der Waals surface area contributed by atoms with Gasteiger partial charge in [-0.25, -0.2) is 13.1 Å². The van der Waals surface area contributed by atoms with Crippen molar-refractivity contribution in [2.45, 2.75) is 29.1 Å². The zero-order chi connectivity index (χ0) is 19.1. The second kappa shape index (κ2) is 7.12. The molecule has 6 heteroatoms. The molecule has 1 aliphatic carbocycles. The lowest BCUT2D eigenvalue weighted by Gasteiger charge is -2.37. The van der Waals surface area contributed by atoms with Crippen molar-refractivity contribution in [3.8, 4) is 11.1 Å². The van der Waals surface area contributed by atoms with Crippen LogP contribution < -0.4 is 4.72 Å². The topological polar surface area (TPSA) is 49.4 Å². The summed E-state index contributed by atoms with van der Waals surface area (Å²) >= 11 is 1.26. The van der Waals surface area contributed by atoms with E-state index in [0.29, 0.717) is 4.21 Å². The molecule has 4 nitrogen and oxygen atoms in total. The Kier molecular flexibility index (Phi) is 4.59. The predicted molar refractivity (Wildman–Crippen MR) is 113 cm³/mol. The molecule has 0 radical (unpaired) electrons. The van der Waals surface area contributed by atoms with E-state index in [-0.39, 0.29) is 12.1 Å². The maximum atomic E-state index is 12.5. The van der Waals surface area contributed by atoms with Crippen LogP contribution in [0.4, 0.5) is 0 Å². The SMILES string of the molecule is O=S(=O)(NC1CCN(C2c3ccccc3-c3ccccc32)CC1)c1cccs1. The molecule has 0 saturated carbocycles. The number of nitrogens with one attached hydrogen (secondary N) is 1. The van der Waals surface area contributed by atoms with Crippen LogP contribution in [0.5, 0.6) is 0 Å². The summed E-state index contributed by atoms with van der Waals surface area (Å²) in [4.78, 5) is 2.50. The second-order valence-corrected chi connectivity index (χ2v) is 10.3. The van der Waals surface area contributed by atoms with Gasteiger partial charge in [-0.1, -0.05) is 54.6 Å². The Hall–Kier alpha value is -1.99. The van der Waals surface area contributed by atoms with Gasteiger partial charge in [0, 0.05) is 19.1 Å². The molecule has 1 saturated heterocycles. The first-order chi connectivity index (χ1) is 13.6. The van der Waals surface area contributed by atoms with Gasteiger partial charge in [0.05, 0.1) is 6.04 Å². The molecule has 2 aromatic carbocycles. The maximum Gasteiger partial charge on any atom is 0.250 e. The van der Waals surface area contributed by atoms with Crippen molar-refractivity contribution in [3.05, 3.63) is 77.2 Å². The molecule has 3 aromatic rings. The van der Waals surface area contributed by atoms with E-state index in [1.54, 1.807) is 17.5 Å². The number of nitrogens with zero attached hydrogens (tertiary/aromatic N) is 1. The number of rotatable bonds is 4. The molecule has 1 N–H and O–H groups in total. The van der Waals surface area contributed by atoms with Crippen molar-refractivity contribution < 1.29 is 8.42 Å². The van der Waals surface area contributed by atoms with Crippen molar-refractivity contribution in [3.63, 3.8) is 0 Å². The lowest BCUT2D eigenvalue weighted by Crippen LogP contribution is -2.45. The van der Waals surface area contributed by atoms with Crippen LogP contribution in [0.3, 0.4) is 0 Å². The average Bonchev–Trinajstić information content (AvgIpc) is 3.36. The summed E-state index contributed by atoms with van der Waals surface area (Å²) in [6, 6.07) is 21.0. The summed E-state index contributed by atoms with van der Waals surface area (Å²) in [5.41, 5.74) is 5.37. The van der Waals surface area contributed by atoms with Gasteiger partial charge in [0.2, 0.25) is 10.0 Å². The maximum absolute atomic E-state index is 12.5. The molecule has 1 aliphatic heterocycles. The molecule has 2 heterocycles. The molecular formula is C22H22N2O2S2. The van der Waals surface area contributed by atoms with Gasteiger partial charge in [-0.3, -0.25) is 4.90 Å². The van der Waals surface area contributed by atoms with Gasteiger partial charge in [0.25, 0.3) is 0 Å². The number of benzene rings is 2. The second-order valence-electron chi connectivity index (χ2n) is 7.44. The normalized spacial score (nSPS) is 18.1. The zero-order valence-corrected chi connectivity index (χ0v) is 17.0. The fraction of sp³-hybridized carbons (Fsp3) is 0.273. The highest BCUT2D eigenvalue weighted by molar-refractivity contribution is 7.91. The summed E-state index contributed by atoms with van der Waals surface area (Å²) in [5.74, 6) is 0. The molecular weight excluding hydrogens is 388 g/mol. The van der Waals surface area contributed by atoms with E-state index in [4.69, 9.17) is 0 Å². The van der Waals surface area contributed by atoms with Crippen molar-refractivity contribution in [2.24, 2.45) is 0 Å². The fourth-order valence-corrected chi connectivity index (χ4v) is 6.81. The van der Waals surface area contributed by atoms with E-state index >= 15 is 0 Å².